The highest BCUT2D eigenvalue weighted by atomic mass is 14.8. The Morgan fingerprint density at radius 2 is 1.80 bits per heavy atom. The molecule has 2 aromatic carbocycles. The molecule has 106 valence electrons. The molecule has 0 atom stereocenters. The first-order valence-corrected chi connectivity index (χ1v) is 7.78. The van der Waals surface area contributed by atoms with E-state index in [2.05, 4.69) is 49.5 Å². The topological polar surface area (TPSA) is 12.0 Å². The quantitative estimate of drug-likeness (QED) is 0.859. The molecular weight excluding hydrogens is 242 g/mol. The van der Waals surface area contributed by atoms with Crippen molar-refractivity contribution in [2.24, 2.45) is 5.41 Å². The molecule has 0 heterocycles. The summed E-state index contributed by atoms with van der Waals surface area (Å²) in [4.78, 5) is 0. The minimum Gasteiger partial charge on any atom is -0.319 e. The zero-order valence-electron chi connectivity index (χ0n) is 12.9. The third-order valence-electron chi connectivity index (χ3n) is 4.69. The Kier molecular flexibility index (Phi) is 3.55. The van der Waals surface area contributed by atoms with Crippen molar-refractivity contribution in [3.63, 3.8) is 0 Å². The van der Waals surface area contributed by atoms with E-state index >= 15 is 0 Å². The van der Waals surface area contributed by atoms with Crippen LogP contribution in [0.25, 0.3) is 10.8 Å². The highest BCUT2D eigenvalue weighted by Gasteiger charge is 2.19. The van der Waals surface area contributed by atoms with Gasteiger partial charge in [0.15, 0.2) is 0 Å². The Balaban J connectivity index is 1.90. The van der Waals surface area contributed by atoms with Gasteiger partial charge in [0.25, 0.3) is 0 Å². The Hall–Kier alpha value is -1.34. The van der Waals surface area contributed by atoms with Gasteiger partial charge in [-0.25, -0.2) is 0 Å². The van der Waals surface area contributed by atoms with E-state index < -0.39 is 0 Å². The lowest BCUT2D eigenvalue weighted by molar-refractivity contribution is 0.325. The van der Waals surface area contributed by atoms with E-state index in [1.807, 2.05) is 7.05 Å². The van der Waals surface area contributed by atoms with Crippen LogP contribution in [-0.4, -0.2) is 13.6 Å². The number of benzene rings is 2. The number of nitrogens with one attached hydrogen (secondary N) is 1. The van der Waals surface area contributed by atoms with E-state index in [1.165, 1.54) is 36.6 Å². The lowest BCUT2D eigenvalue weighted by Crippen LogP contribution is -2.27. The lowest BCUT2D eigenvalue weighted by Gasteiger charge is -2.24. The molecule has 0 saturated carbocycles. The first-order valence-electron chi connectivity index (χ1n) is 7.78. The standard InChI is InChI=1S/C19H25N/c1-19(2,13-20-3)12-11-14-7-8-16-10-9-15-5-4-6-17(14)18(15)16/h4-8,20H,9-13H2,1-3H3. The van der Waals surface area contributed by atoms with Crippen LogP contribution in [0.15, 0.2) is 30.3 Å². The van der Waals surface area contributed by atoms with Gasteiger partial charge in [-0.2, -0.15) is 0 Å². The predicted molar refractivity (Wildman–Crippen MR) is 87.4 cm³/mol. The summed E-state index contributed by atoms with van der Waals surface area (Å²) < 4.78 is 0. The van der Waals surface area contributed by atoms with Gasteiger partial charge < -0.3 is 5.32 Å². The van der Waals surface area contributed by atoms with Crippen LogP contribution in [0.5, 0.6) is 0 Å². The first-order chi connectivity index (χ1) is 9.61. The largest absolute Gasteiger partial charge is 0.319 e. The van der Waals surface area contributed by atoms with E-state index in [1.54, 1.807) is 16.5 Å². The van der Waals surface area contributed by atoms with E-state index in [4.69, 9.17) is 0 Å². The number of hydrogen-bond acceptors (Lipinski definition) is 1. The van der Waals surface area contributed by atoms with Gasteiger partial charge in [-0.3, -0.25) is 0 Å². The molecule has 2 aromatic rings. The van der Waals surface area contributed by atoms with Crippen molar-refractivity contribution in [2.75, 3.05) is 13.6 Å². The van der Waals surface area contributed by atoms with Gasteiger partial charge >= 0.3 is 0 Å². The summed E-state index contributed by atoms with van der Waals surface area (Å²) in [6, 6.07) is 11.6. The van der Waals surface area contributed by atoms with Gasteiger partial charge in [0.1, 0.15) is 0 Å². The second-order valence-electron chi connectivity index (χ2n) is 6.92. The zero-order valence-corrected chi connectivity index (χ0v) is 12.9. The fourth-order valence-corrected chi connectivity index (χ4v) is 3.57. The van der Waals surface area contributed by atoms with Crippen LogP contribution >= 0.6 is 0 Å². The Morgan fingerprint density at radius 1 is 1.05 bits per heavy atom. The van der Waals surface area contributed by atoms with Crippen LogP contribution in [0, 0.1) is 5.41 Å². The molecule has 0 bridgehead atoms. The van der Waals surface area contributed by atoms with Crippen molar-refractivity contribution >= 4 is 10.8 Å². The fourth-order valence-electron chi connectivity index (χ4n) is 3.57. The molecule has 1 heteroatoms. The number of aryl methyl sites for hydroxylation is 3. The molecule has 0 aliphatic heterocycles. The van der Waals surface area contributed by atoms with Crippen molar-refractivity contribution in [3.05, 3.63) is 47.0 Å². The third-order valence-corrected chi connectivity index (χ3v) is 4.69. The molecule has 0 unspecified atom stereocenters. The van der Waals surface area contributed by atoms with Crippen LogP contribution in [0.2, 0.25) is 0 Å². The Labute approximate surface area is 122 Å². The summed E-state index contributed by atoms with van der Waals surface area (Å²) in [5.74, 6) is 0. The normalized spacial score (nSPS) is 14.2. The third kappa shape index (κ3) is 2.47. The number of rotatable bonds is 5. The van der Waals surface area contributed by atoms with E-state index in [0.717, 1.165) is 6.54 Å². The molecule has 0 saturated heterocycles. The van der Waals surface area contributed by atoms with E-state index in [0.29, 0.717) is 5.41 Å². The van der Waals surface area contributed by atoms with Crippen molar-refractivity contribution in [1.29, 1.82) is 0 Å². The summed E-state index contributed by atoms with van der Waals surface area (Å²) in [5, 5.41) is 6.36. The average Bonchev–Trinajstić information content (AvgIpc) is 2.83. The Morgan fingerprint density at radius 3 is 2.55 bits per heavy atom. The lowest BCUT2D eigenvalue weighted by atomic mass is 9.85. The van der Waals surface area contributed by atoms with Gasteiger partial charge in [-0.15, -0.1) is 0 Å². The summed E-state index contributed by atoms with van der Waals surface area (Å²) in [7, 11) is 2.04. The molecule has 1 N–H and O–H groups in total. The van der Waals surface area contributed by atoms with Crippen molar-refractivity contribution < 1.29 is 0 Å². The Bertz CT molecular complexity index is 615. The minimum atomic E-state index is 0.359. The van der Waals surface area contributed by atoms with Gasteiger partial charge in [0.05, 0.1) is 0 Å². The van der Waals surface area contributed by atoms with Crippen LogP contribution in [0.1, 0.15) is 37.0 Å². The number of hydrogen-bond donors (Lipinski definition) is 1. The fraction of sp³-hybridized carbons (Fsp3) is 0.474. The van der Waals surface area contributed by atoms with E-state index in [-0.39, 0.29) is 0 Å². The molecule has 1 nitrogen and oxygen atoms in total. The average molecular weight is 267 g/mol. The molecule has 20 heavy (non-hydrogen) atoms. The first kappa shape index (κ1) is 13.6. The molecule has 0 aromatic heterocycles. The van der Waals surface area contributed by atoms with Crippen LogP contribution in [0.4, 0.5) is 0 Å². The van der Waals surface area contributed by atoms with Crippen LogP contribution < -0.4 is 5.32 Å². The second-order valence-corrected chi connectivity index (χ2v) is 6.92. The van der Waals surface area contributed by atoms with Gasteiger partial charge in [0.2, 0.25) is 0 Å². The summed E-state index contributed by atoms with van der Waals surface area (Å²) >= 11 is 0. The van der Waals surface area contributed by atoms with Crippen molar-refractivity contribution in [3.8, 4) is 0 Å². The minimum absolute atomic E-state index is 0.359. The highest BCUT2D eigenvalue weighted by Crippen LogP contribution is 2.34. The molecule has 1 aliphatic carbocycles. The smallest absolute Gasteiger partial charge is 0.0000373 e. The molecule has 1 aliphatic rings. The summed E-state index contributed by atoms with van der Waals surface area (Å²) in [5.41, 5.74) is 4.98. The van der Waals surface area contributed by atoms with Crippen LogP contribution in [0.3, 0.4) is 0 Å². The molecule has 0 fully saturated rings. The second kappa shape index (κ2) is 5.21. The monoisotopic (exact) mass is 267 g/mol. The molecule has 0 radical (unpaired) electrons. The zero-order chi connectivity index (χ0) is 14.2. The highest BCUT2D eigenvalue weighted by molar-refractivity contribution is 5.93. The van der Waals surface area contributed by atoms with Crippen molar-refractivity contribution in [2.45, 2.75) is 39.5 Å². The van der Waals surface area contributed by atoms with Crippen molar-refractivity contribution in [1.82, 2.24) is 5.32 Å². The predicted octanol–water partition coefficient (Wildman–Crippen LogP) is 4.12. The van der Waals surface area contributed by atoms with Gasteiger partial charge in [0, 0.05) is 0 Å². The van der Waals surface area contributed by atoms with Gasteiger partial charge in [-0.05, 0) is 72.2 Å². The maximum absolute atomic E-state index is 3.31. The molecular formula is C19H25N. The molecule has 3 rings (SSSR count). The maximum Gasteiger partial charge on any atom is -0.0000373 e. The van der Waals surface area contributed by atoms with Crippen LogP contribution in [-0.2, 0) is 19.3 Å². The van der Waals surface area contributed by atoms with E-state index in [9.17, 15) is 0 Å². The SMILES string of the molecule is CNCC(C)(C)CCc1ccc2c3c(cccc13)CC2. The summed E-state index contributed by atoms with van der Waals surface area (Å²) in [6.45, 7) is 5.78. The van der Waals surface area contributed by atoms with Gasteiger partial charge in [-0.1, -0.05) is 44.2 Å². The molecule has 0 spiro atoms. The molecule has 0 amide bonds. The maximum atomic E-state index is 3.31. The summed E-state index contributed by atoms with van der Waals surface area (Å²) in [6.07, 6.45) is 4.85.